The average molecular weight is 403 g/mol. The molecular weight excluding hydrogens is 364 g/mol. The van der Waals surface area contributed by atoms with Gasteiger partial charge in [-0.1, -0.05) is 63.1 Å². The van der Waals surface area contributed by atoms with Crippen LogP contribution in [-0.2, 0) is 11.2 Å². The molecule has 4 heteroatoms. The Hall–Kier alpha value is -1.68. The van der Waals surface area contributed by atoms with E-state index in [1.807, 2.05) is 20.8 Å². The monoisotopic (exact) mass is 402 g/mol. The SMILES string of the molecule is CC(=O)C(C)(C)C.CCc1csc(N(CC)C2CC2)n1.Cc1ccc(C)cc1. The number of carbonyl (C=O) groups is 1. The predicted octanol–water partition coefficient (Wildman–Crippen LogP) is 6.62. The van der Waals surface area contributed by atoms with Crippen molar-refractivity contribution in [3.05, 3.63) is 46.5 Å². The van der Waals surface area contributed by atoms with Crippen LogP contribution in [0, 0.1) is 19.3 Å². The molecule has 1 fully saturated rings. The molecule has 0 atom stereocenters. The predicted molar refractivity (Wildman–Crippen MR) is 124 cm³/mol. The van der Waals surface area contributed by atoms with E-state index in [9.17, 15) is 4.79 Å². The fourth-order valence-corrected chi connectivity index (χ4v) is 3.21. The lowest BCUT2D eigenvalue weighted by atomic mass is 9.92. The largest absolute Gasteiger partial charge is 0.345 e. The molecule has 156 valence electrons. The zero-order valence-electron chi connectivity index (χ0n) is 19.0. The highest BCUT2D eigenvalue weighted by Crippen LogP contribution is 2.33. The lowest BCUT2D eigenvalue weighted by Crippen LogP contribution is -2.24. The minimum atomic E-state index is -0.139. The number of carbonyl (C=O) groups excluding carboxylic acids is 1. The van der Waals surface area contributed by atoms with E-state index in [0.29, 0.717) is 0 Å². The number of aryl methyl sites for hydroxylation is 3. The normalized spacial score (nSPS) is 13.0. The molecule has 0 spiro atoms. The number of Topliss-reactive ketones (excluding diaryl/α,β-unsaturated/α-hetero) is 1. The Labute approximate surface area is 176 Å². The van der Waals surface area contributed by atoms with Gasteiger partial charge >= 0.3 is 0 Å². The molecule has 1 aromatic heterocycles. The highest BCUT2D eigenvalue weighted by atomic mass is 32.1. The van der Waals surface area contributed by atoms with Crippen molar-refractivity contribution in [3.8, 4) is 0 Å². The molecule has 0 radical (unpaired) electrons. The van der Waals surface area contributed by atoms with Crippen molar-refractivity contribution < 1.29 is 4.79 Å². The Morgan fingerprint density at radius 1 is 1.11 bits per heavy atom. The quantitative estimate of drug-likeness (QED) is 0.576. The van der Waals surface area contributed by atoms with Gasteiger partial charge in [0.15, 0.2) is 5.13 Å². The average Bonchev–Trinajstić information content (AvgIpc) is 3.35. The standard InChI is InChI=1S/C10H16N2S.C8H10.C6H12O/c1-3-8-7-13-10(11-8)12(4-2)9-5-6-9;1-7-3-5-8(2)6-4-7;1-5(7)6(2,3)4/h7,9H,3-6H2,1-2H3;3-6H,1-2H3;1-4H3. The number of benzene rings is 1. The molecule has 28 heavy (non-hydrogen) atoms. The van der Waals surface area contributed by atoms with Gasteiger partial charge in [0.05, 0.1) is 5.69 Å². The number of thiazole rings is 1. The molecule has 0 saturated heterocycles. The van der Waals surface area contributed by atoms with Gasteiger partial charge in [-0.05, 0) is 47.0 Å². The van der Waals surface area contributed by atoms with E-state index in [0.717, 1.165) is 19.0 Å². The number of aromatic nitrogens is 1. The molecule has 0 aliphatic heterocycles. The summed E-state index contributed by atoms with van der Waals surface area (Å²) in [6.07, 6.45) is 3.77. The number of anilines is 1. The number of rotatable bonds is 4. The summed E-state index contributed by atoms with van der Waals surface area (Å²) in [5.41, 5.74) is 3.75. The van der Waals surface area contributed by atoms with E-state index < -0.39 is 0 Å². The second-order valence-electron chi connectivity index (χ2n) is 8.45. The maximum Gasteiger partial charge on any atom is 0.185 e. The van der Waals surface area contributed by atoms with Crippen molar-refractivity contribution in [2.75, 3.05) is 11.4 Å². The van der Waals surface area contributed by atoms with Crippen LogP contribution in [0.15, 0.2) is 29.6 Å². The van der Waals surface area contributed by atoms with Crippen LogP contribution < -0.4 is 4.90 Å². The van der Waals surface area contributed by atoms with E-state index >= 15 is 0 Å². The smallest absolute Gasteiger partial charge is 0.185 e. The summed E-state index contributed by atoms with van der Waals surface area (Å²) < 4.78 is 0. The third-order valence-electron chi connectivity index (χ3n) is 4.75. The fourth-order valence-electron chi connectivity index (χ4n) is 2.16. The molecular formula is C24H38N2OS. The number of hydrogen-bond acceptors (Lipinski definition) is 4. The summed E-state index contributed by atoms with van der Waals surface area (Å²) in [5.74, 6) is 0.243. The van der Waals surface area contributed by atoms with Crippen LogP contribution in [0.5, 0.6) is 0 Å². The molecule has 0 N–H and O–H groups in total. The zero-order chi connectivity index (χ0) is 21.3. The van der Waals surface area contributed by atoms with Crippen LogP contribution in [-0.4, -0.2) is 23.4 Å². The van der Waals surface area contributed by atoms with E-state index in [1.165, 1.54) is 34.8 Å². The Kier molecular flexibility index (Phi) is 9.88. The summed E-state index contributed by atoms with van der Waals surface area (Å²) in [4.78, 5) is 17.5. The lowest BCUT2D eigenvalue weighted by molar-refractivity contribution is -0.124. The Morgan fingerprint density at radius 2 is 1.57 bits per heavy atom. The number of ketones is 1. The van der Waals surface area contributed by atoms with Crippen LogP contribution in [0.4, 0.5) is 5.13 Å². The lowest BCUT2D eigenvalue weighted by Gasteiger charge is -2.18. The first-order valence-corrected chi connectivity index (χ1v) is 11.2. The molecule has 1 heterocycles. The van der Waals surface area contributed by atoms with Gasteiger partial charge < -0.3 is 4.90 Å². The molecule has 1 aromatic carbocycles. The molecule has 3 rings (SSSR count). The van der Waals surface area contributed by atoms with Gasteiger partial charge in [0.25, 0.3) is 0 Å². The Balaban J connectivity index is 0.000000227. The highest BCUT2D eigenvalue weighted by molar-refractivity contribution is 7.13. The van der Waals surface area contributed by atoms with Gasteiger partial charge in [-0.25, -0.2) is 4.98 Å². The van der Waals surface area contributed by atoms with Gasteiger partial charge in [-0.2, -0.15) is 0 Å². The van der Waals surface area contributed by atoms with Crippen molar-refractivity contribution in [2.24, 2.45) is 5.41 Å². The second kappa shape index (κ2) is 11.4. The summed E-state index contributed by atoms with van der Waals surface area (Å²) in [6, 6.07) is 9.27. The van der Waals surface area contributed by atoms with E-state index in [4.69, 9.17) is 0 Å². The van der Waals surface area contributed by atoms with Crippen LogP contribution in [0.1, 0.15) is 71.2 Å². The maximum atomic E-state index is 10.5. The topological polar surface area (TPSA) is 33.2 Å². The highest BCUT2D eigenvalue weighted by Gasteiger charge is 2.29. The Morgan fingerprint density at radius 3 is 1.86 bits per heavy atom. The first-order valence-electron chi connectivity index (χ1n) is 10.3. The molecule has 2 aromatic rings. The minimum Gasteiger partial charge on any atom is -0.345 e. The Bertz CT molecular complexity index is 688. The molecule has 1 aliphatic carbocycles. The third-order valence-corrected chi connectivity index (χ3v) is 5.68. The fraction of sp³-hybridized carbons (Fsp3) is 0.583. The van der Waals surface area contributed by atoms with Gasteiger partial charge in [-0.3, -0.25) is 4.79 Å². The van der Waals surface area contributed by atoms with E-state index in [-0.39, 0.29) is 11.2 Å². The van der Waals surface area contributed by atoms with Gasteiger partial charge in [0.2, 0.25) is 0 Å². The molecule has 1 saturated carbocycles. The van der Waals surface area contributed by atoms with Crippen molar-refractivity contribution in [1.82, 2.24) is 4.98 Å². The van der Waals surface area contributed by atoms with Crippen molar-refractivity contribution in [2.45, 2.75) is 80.7 Å². The number of hydrogen-bond donors (Lipinski definition) is 0. The van der Waals surface area contributed by atoms with Crippen LogP contribution in [0.2, 0.25) is 0 Å². The summed E-state index contributed by atoms with van der Waals surface area (Å²) in [5, 5.41) is 3.40. The molecule has 0 amide bonds. The molecule has 0 bridgehead atoms. The van der Waals surface area contributed by atoms with Gasteiger partial charge in [0, 0.05) is 23.4 Å². The molecule has 1 aliphatic rings. The number of nitrogens with zero attached hydrogens (tertiary/aromatic N) is 2. The van der Waals surface area contributed by atoms with Crippen molar-refractivity contribution >= 4 is 22.3 Å². The summed E-state index contributed by atoms with van der Waals surface area (Å²) in [6.45, 7) is 17.0. The first-order chi connectivity index (χ1) is 13.1. The first kappa shape index (κ1) is 24.4. The van der Waals surface area contributed by atoms with Gasteiger partial charge in [0.1, 0.15) is 5.78 Å². The summed E-state index contributed by atoms with van der Waals surface area (Å²) >= 11 is 1.79. The van der Waals surface area contributed by atoms with Crippen LogP contribution in [0.25, 0.3) is 0 Å². The van der Waals surface area contributed by atoms with E-state index in [1.54, 1.807) is 18.3 Å². The zero-order valence-corrected chi connectivity index (χ0v) is 19.8. The van der Waals surface area contributed by atoms with Crippen molar-refractivity contribution in [3.63, 3.8) is 0 Å². The molecule has 3 nitrogen and oxygen atoms in total. The summed E-state index contributed by atoms with van der Waals surface area (Å²) in [7, 11) is 0. The van der Waals surface area contributed by atoms with Crippen LogP contribution in [0.3, 0.4) is 0 Å². The maximum absolute atomic E-state index is 10.5. The minimum absolute atomic E-state index is 0.139. The third kappa shape index (κ3) is 9.01. The van der Waals surface area contributed by atoms with Crippen molar-refractivity contribution in [1.29, 1.82) is 0 Å². The molecule has 0 unspecified atom stereocenters. The second-order valence-corrected chi connectivity index (χ2v) is 9.29. The van der Waals surface area contributed by atoms with Crippen LogP contribution >= 0.6 is 11.3 Å². The van der Waals surface area contributed by atoms with E-state index in [2.05, 4.69) is 67.2 Å². The van der Waals surface area contributed by atoms with Gasteiger partial charge in [-0.15, -0.1) is 11.3 Å².